The van der Waals surface area contributed by atoms with Crippen LogP contribution >= 0.6 is 0 Å². The van der Waals surface area contributed by atoms with E-state index in [1.54, 1.807) is 13.8 Å². The molecule has 0 aliphatic heterocycles. The Morgan fingerprint density at radius 3 is 2.11 bits per heavy atom. The van der Waals surface area contributed by atoms with Crippen LogP contribution in [0.4, 0.5) is 32.0 Å². The third-order valence-electron chi connectivity index (χ3n) is 5.45. The molecule has 0 aliphatic carbocycles. The van der Waals surface area contributed by atoms with Crippen LogP contribution in [0.3, 0.4) is 0 Å². The van der Waals surface area contributed by atoms with E-state index in [1.807, 2.05) is 0 Å². The van der Waals surface area contributed by atoms with Crippen molar-refractivity contribution in [2.75, 3.05) is 12.0 Å². The van der Waals surface area contributed by atoms with Crippen molar-refractivity contribution in [3.8, 4) is 0 Å². The first-order chi connectivity index (χ1) is 16.1. The Morgan fingerprint density at radius 1 is 1.06 bits per heavy atom. The van der Waals surface area contributed by atoms with E-state index < -0.39 is 35.3 Å². The topological polar surface area (TPSA) is 59.5 Å². The number of nitrogens with zero attached hydrogens (tertiary/aromatic N) is 2. The minimum absolute atomic E-state index is 0.0700. The zero-order valence-electron chi connectivity index (χ0n) is 19.8. The SMILES string of the molecule is CCC(=O)N(C(=O)c1cccnc1C)c1ccc(C(OC)(C(F)(F)F)C(F)(F)F)c(CC(C)C)c1. The average molecular weight is 504 g/mol. The van der Waals surface area contributed by atoms with Gasteiger partial charge in [-0.1, -0.05) is 26.8 Å². The number of pyridine rings is 1. The van der Waals surface area contributed by atoms with Gasteiger partial charge in [-0.15, -0.1) is 0 Å². The van der Waals surface area contributed by atoms with Gasteiger partial charge >= 0.3 is 12.4 Å². The summed E-state index contributed by atoms with van der Waals surface area (Å²) in [7, 11) is 0.343. The van der Waals surface area contributed by atoms with Crippen LogP contribution in [-0.4, -0.2) is 36.3 Å². The molecule has 192 valence electrons. The first-order valence-corrected chi connectivity index (χ1v) is 10.7. The van der Waals surface area contributed by atoms with E-state index in [2.05, 4.69) is 9.72 Å². The molecular formula is C24H26F6N2O3. The largest absolute Gasteiger partial charge is 0.430 e. The Morgan fingerprint density at radius 2 is 1.66 bits per heavy atom. The second kappa shape index (κ2) is 10.3. The van der Waals surface area contributed by atoms with Gasteiger partial charge < -0.3 is 4.74 Å². The molecule has 0 saturated heterocycles. The second-order valence-electron chi connectivity index (χ2n) is 8.34. The van der Waals surface area contributed by atoms with E-state index in [4.69, 9.17) is 0 Å². The summed E-state index contributed by atoms with van der Waals surface area (Å²) in [4.78, 5) is 30.7. The summed E-state index contributed by atoms with van der Waals surface area (Å²) < 4.78 is 87.8. The van der Waals surface area contributed by atoms with Crippen LogP contribution in [0.5, 0.6) is 0 Å². The fraction of sp³-hybridized carbons (Fsp3) is 0.458. The molecule has 11 heteroatoms. The summed E-state index contributed by atoms with van der Waals surface area (Å²) in [6.07, 6.45) is -10.6. The van der Waals surface area contributed by atoms with Gasteiger partial charge in [-0.05, 0) is 49.1 Å². The predicted molar refractivity (Wildman–Crippen MR) is 117 cm³/mol. The smallest absolute Gasteiger partial charge is 0.357 e. The number of benzene rings is 1. The van der Waals surface area contributed by atoms with E-state index >= 15 is 0 Å². The Bertz CT molecular complexity index is 1070. The number of imide groups is 1. The van der Waals surface area contributed by atoms with Gasteiger partial charge in [0, 0.05) is 31.0 Å². The van der Waals surface area contributed by atoms with E-state index in [0.29, 0.717) is 18.9 Å². The van der Waals surface area contributed by atoms with Crippen molar-refractivity contribution in [1.29, 1.82) is 0 Å². The maximum absolute atomic E-state index is 13.9. The van der Waals surface area contributed by atoms with Crippen LogP contribution in [0.2, 0.25) is 0 Å². The molecule has 0 unspecified atom stereocenters. The molecule has 0 atom stereocenters. The van der Waals surface area contributed by atoms with Crippen molar-refractivity contribution in [2.45, 2.75) is 58.5 Å². The highest BCUT2D eigenvalue weighted by Crippen LogP contribution is 2.54. The number of aromatic nitrogens is 1. The molecule has 0 bridgehead atoms. The van der Waals surface area contributed by atoms with Gasteiger partial charge in [0.25, 0.3) is 11.5 Å². The van der Waals surface area contributed by atoms with Crippen molar-refractivity contribution in [3.63, 3.8) is 0 Å². The van der Waals surface area contributed by atoms with Gasteiger partial charge in [0.1, 0.15) is 0 Å². The number of hydrogen-bond acceptors (Lipinski definition) is 4. The first-order valence-electron chi connectivity index (χ1n) is 10.7. The van der Waals surface area contributed by atoms with E-state index in [-0.39, 0.29) is 35.6 Å². The number of carbonyl (C=O) groups is 2. The maximum atomic E-state index is 13.9. The lowest BCUT2D eigenvalue weighted by atomic mass is 9.84. The minimum atomic E-state index is -5.84. The maximum Gasteiger partial charge on any atom is 0.430 e. The Balaban J connectivity index is 2.83. The molecule has 0 N–H and O–H groups in total. The molecule has 1 heterocycles. The van der Waals surface area contributed by atoms with Gasteiger partial charge in [0.05, 0.1) is 11.3 Å². The number of carbonyl (C=O) groups excluding carboxylic acids is 2. The summed E-state index contributed by atoms with van der Waals surface area (Å²) in [6, 6.07) is 5.42. The molecule has 1 aromatic carbocycles. The highest BCUT2D eigenvalue weighted by molar-refractivity contribution is 6.21. The molecule has 1 aromatic heterocycles. The van der Waals surface area contributed by atoms with Crippen LogP contribution in [0.25, 0.3) is 0 Å². The zero-order chi connectivity index (χ0) is 26.8. The van der Waals surface area contributed by atoms with Crippen molar-refractivity contribution < 1.29 is 40.7 Å². The lowest BCUT2D eigenvalue weighted by Gasteiger charge is -2.38. The summed E-state index contributed by atoms with van der Waals surface area (Å²) in [6.45, 7) is 6.25. The number of alkyl halides is 6. The van der Waals surface area contributed by atoms with E-state index in [0.717, 1.165) is 17.0 Å². The molecular weight excluding hydrogens is 478 g/mol. The number of halogens is 6. The van der Waals surface area contributed by atoms with E-state index in [1.165, 1.54) is 32.2 Å². The van der Waals surface area contributed by atoms with Crippen molar-refractivity contribution >= 4 is 17.5 Å². The molecule has 0 aliphatic rings. The number of amides is 2. The van der Waals surface area contributed by atoms with Crippen molar-refractivity contribution in [2.24, 2.45) is 5.92 Å². The Kier molecular flexibility index (Phi) is 8.36. The molecule has 0 saturated carbocycles. The first kappa shape index (κ1) is 28.3. The van der Waals surface area contributed by atoms with Crippen LogP contribution in [0, 0.1) is 12.8 Å². The number of hydrogen-bond donors (Lipinski definition) is 0. The number of anilines is 1. The van der Waals surface area contributed by atoms with E-state index in [9.17, 15) is 35.9 Å². The standard InChI is InChI=1S/C24H26F6N2O3/c1-6-20(33)32(21(34)18-8-7-11-31-15(18)4)17-9-10-19(16(13-17)12-14(2)3)22(35-5,23(25,26)27)24(28,29)30/h7-11,13-14H,6,12H2,1-5H3. The number of methoxy groups -OCH3 is 1. The van der Waals surface area contributed by atoms with Crippen LogP contribution < -0.4 is 4.90 Å². The molecule has 5 nitrogen and oxygen atoms in total. The summed E-state index contributed by atoms with van der Waals surface area (Å²) in [5, 5.41) is 0. The number of aryl methyl sites for hydroxylation is 1. The fourth-order valence-corrected chi connectivity index (χ4v) is 3.84. The molecule has 0 radical (unpaired) electrons. The third-order valence-corrected chi connectivity index (χ3v) is 5.45. The van der Waals surface area contributed by atoms with Crippen molar-refractivity contribution in [3.05, 3.63) is 58.9 Å². The van der Waals surface area contributed by atoms with Gasteiger partial charge in [-0.3, -0.25) is 14.6 Å². The van der Waals surface area contributed by atoms with Gasteiger partial charge in [0.15, 0.2) is 0 Å². The highest BCUT2D eigenvalue weighted by Gasteiger charge is 2.73. The van der Waals surface area contributed by atoms with Crippen LogP contribution in [0.15, 0.2) is 36.5 Å². The highest BCUT2D eigenvalue weighted by atomic mass is 19.4. The Hall–Kier alpha value is -2.95. The quantitative estimate of drug-likeness (QED) is 0.425. The molecule has 35 heavy (non-hydrogen) atoms. The lowest BCUT2D eigenvalue weighted by Crippen LogP contribution is -2.56. The average Bonchev–Trinajstić information content (AvgIpc) is 2.73. The monoisotopic (exact) mass is 504 g/mol. The second-order valence-corrected chi connectivity index (χ2v) is 8.34. The summed E-state index contributed by atoms with van der Waals surface area (Å²) in [5.74, 6) is -1.84. The Labute approximate surface area is 199 Å². The lowest BCUT2D eigenvalue weighted by molar-refractivity contribution is -0.383. The number of ether oxygens (including phenoxy) is 1. The molecule has 0 spiro atoms. The van der Waals surface area contributed by atoms with Gasteiger partial charge in [-0.25, -0.2) is 4.90 Å². The van der Waals surface area contributed by atoms with Crippen LogP contribution in [0.1, 0.15) is 54.4 Å². The fourth-order valence-electron chi connectivity index (χ4n) is 3.84. The van der Waals surface area contributed by atoms with Crippen molar-refractivity contribution in [1.82, 2.24) is 4.98 Å². The number of rotatable bonds is 7. The van der Waals surface area contributed by atoms with Crippen LogP contribution in [-0.2, 0) is 21.6 Å². The summed E-state index contributed by atoms with van der Waals surface area (Å²) in [5.41, 5.74) is -5.87. The minimum Gasteiger partial charge on any atom is -0.357 e. The molecule has 2 aromatic rings. The van der Waals surface area contributed by atoms with Gasteiger partial charge in [0.2, 0.25) is 5.91 Å². The molecule has 2 rings (SSSR count). The normalized spacial score (nSPS) is 12.7. The predicted octanol–water partition coefficient (Wildman–Crippen LogP) is 6.14. The molecule has 0 fully saturated rings. The third kappa shape index (κ3) is 5.34. The summed E-state index contributed by atoms with van der Waals surface area (Å²) >= 11 is 0. The zero-order valence-corrected chi connectivity index (χ0v) is 19.8. The molecule has 2 amide bonds. The van der Waals surface area contributed by atoms with Gasteiger partial charge in [-0.2, -0.15) is 26.3 Å².